The molecule has 1 aromatic carbocycles. The van der Waals surface area contributed by atoms with E-state index < -0.39 is 17.8 Å². The van der Waals surface area contributed by atoms with Gasteiger partial charge in [-0.2, -0.15) is 0 Å². The second-order valence-electron chi connectivity index (χ2n) is 5.33. The SMILES string of the molecule is O=C(Nc1ccc(Br)cc1)[C@@H]1C2C=CC(C2)[C@@H]1C(=O)O. The maximum absolute atomic E-state index is 12.4. The van der Waals surface area contributed by atoms with Crippen LogP contribution < -0.4 is 5.32 Å². The number of anilines is 1. The Morgan fingerprint density at radius 3 is 2.30 bits per heavy atom. The Labute approximate surface area is 125 Å². The van der Waals surface area contributed by atoms with E-state index in [0.717, 1.165) is 10.9 Å². The van der Waals surface area contributed by atoms with E-state index in [0.29, 0.717) is 5.69 Å². The highest BCUT2D eigenvalue weighted by atomic mass is 79.9. The lowest BCUT2D eigenvalue weighted by atomic mass is 9.82. The highest BCUT2D eigenvalue weighted by Gasteiger charge is 2.51. The summed E-state index contributed by atoms with van der Waals surface area (Å²) in [6.07, 6.45) is 4.69. The summed E-state index contributed by atoms with van der Waals surface area (Å²) in [5, 5.41) is 12.2. The third-order valence-corrected chi connectivity index (χ3v) is 4.69. The van der Waals surface area contributed by atoms with Crippen molar-refractivity contribution in [1.82, 2.24) is 0 Å². The molecule has 0 spiro atoms. The molecule has 5 heteroatoms. The number of rotatable bonds is 3. The zero-order chi connectivity index (χ0) is 14.3. The Morgan fingerprint density at radius 2 is 1.70 bits per heavy atom. The first-order valence-corrected chi connectivity index (χ1v) is 7.33. The summed E-state index contributed by atoms with van der Waals surface area (Å²) < 4.78 is 0.932. The highest BCUT2D eigenvalue weighted by Crippen LogP contribution is 2.48. The average Bonchev–Trinajstić information content (AvgIpc) is 3.01. The van der Waals surface area contributed by atoms with E-state index in [9.17, 15) is 14.7 Å². The van der Waals surface area contributed by atoms with Crippen molar-refractivity contribution in [3.05, 3.63) is 40.9 Å². The van der Waals surface area contributed by atoms with E-state index in [-0.39, 0.29) is 17.7 Å². The number of halogens is 1. The maximum atomic E-state index is 12.4. The number of hydrogen-bond donors (Lipinski definition) is 2. The Hall–Kier alpha value is -1.62. The van der Waals surface area contributed by atoms with Crippen LogP contribution in [0.5, 0.6) is 0 Å². The van der Waals surface area contributed by atoms with Crippen molar-refractivity contribution in [1.29, 1.82) is 0 Å². The van der Waals surface area contributed by atoms with Crippen molar-refractivity contribution >= 4 is 33.5 Å². The zero-order valence-electron chi connectivity index (χ0n) is 10.6. The molecule has 1 fully saturated rings. The van der Waals surface area contributed by atoms with Gasteiger partial charge in [-0.05, 0) is 42.5 Å². The minimum Gasteiger partial charge on any atom is -0.481 e. The molecule has 0 aliphatic heterocycles. The van der Waals surface area contributed by atoms with Crippen LogP contribution in [-0.2, 0) is 9.59 Å². The second-order valence-corrected chi connectivity index (χ2v) is 6.25. The highest BCUT2D eigenvalue weighted by molar-refractivity contribution is 9.10. The number of nitrogens with one attached hydrogen (secondary N) is 1. The number of carboxylic acid groups (broad SMARTS) is 1. The summed E-state index contributed by atoms with van der Waals surface area (Å²) in [7, 11) is 0. The molecule has 2 unspecified atom stereocenters. The maximum Gasteiger partial charge on any atom is 0.307 e. The lowest BCUT2D eigenvalue weighted by molar-refractivity contribution is -0.146. The first-order valence-electron chi connectivity index (χ1n) is 6.54. The monoisotopic (exact) mass is 335 g/mol. The van der Waals surface area contributed by atoms with Gasteiger partial charge in [0.05, 0.1) is 11.8 Å². The van der Waals surface area contributed by atoms with Crippen molar-refractivity contribution in [2.75, 3.05) is 5.32 Å². The van der Waals surface area contributed by atoms with E-state index in [1.54, 1.807) is 12.1 Å². The van der Waals surface area contributed by atoms with Crippen LogP contribution >= 0.6 is 15.9 Å². The van der Waals surface area contributed by atoms with E-state index >= 15 is 0 Å². The van der Waals surface area contributed by atoms with Crippen molar-refractivity contribution < 1.29 is 14.7 Å². The average molecular weight is 336 g/mol. The topological polar surface area (TPSA) is 66.4 Å². The van der Waals surface area contributed by atoms with E-state index in [4.69, 9.17) is 0 Å². The van der Waals surface area contributed by atoms with E-state index in [2.05, 4.69) is 21.2 Å². The van der Waals surface area contributed by atoms with E-state index in [1.165, 1.54) is 0 Å². The summed E-state index contributed by atoms with van der Waals surface area (Å²) in [5.74, 6) is -2.09. The summed E-state index contributed by atoms with van der Waals surface area (Å²) in [5.41, 5.74) is 0.689. The number of fused-ring (bicyclic) bond motifs is 2. The molecule has 4 atom stereocenters. The van der Waals surface area contributed by atoms with Gasteiger partial charge in [0.2, 0.25) is 5.91 Å². The van der Waals surface area contributed by atoms with Gasteiger partial charge in [-0.3, -0.25) is 9.59 Å². The molecule has 2 aliphatic rings. The van der Waals surface area contributed by atoms with Crippen LogP contribution in [-0.4, -0.2) is 17.0 Å². The van der Waals surface area contributed by atoms with Crippen molar-refractivity contribution in [2.24, 2.45) is 23.7 Å². The van der Waals surface area contributed by atoms with Crippen molar-refractivity contribution in [2.45, 2.75) is 6.42 Å². The molecule has 1 amide bonds. The summed E-state index contributed by atoms with van der Waals surface area (Å²) >= 11 is 3.33. The Morgan fingerprint density at radius 1 is 1.10 bits per heavy atom. The number of carbonyl (C=O) groups excluding carboxylic acids is 1. The van der Waals surface area contributed by atoms with Crippen LogP contribution in [0, 0.1) is 23.7 Å². The van der Waals surface area contributed by atoms with Crippen molar-refractivity contribution in [3.63, 3.8) is 0 Å². The quantitative estimate of drug-likeness (QED) is 0.834. The molecule has 3 rings (SSSR count). The molecule has 1 aromatic rings. The van der Waals surface area contributed by atoms with Crippen LogP contribution in [0.15, 0.2) is 40.9 Å². The molecule has 2 N–H and O–H groups in total. The normalized spacial score (nSPS) is 30.4. The third-order valence-electron chi connectivity index (χ3n) is 4.16. The first kappa shape index (κ1) is 13.4. The predicted molar refractivity (Wildman–Crippen MR) is 78.1 cm³/mol. The van der Waals surface area contributed by atoms with Gasteiger partial charge < -0.3 is 10.4 Å². The molecular weight excluding hydrogens is 322 g/mol. The fourth-order valence-electron chi connectivity index (χ4n) is 3.28. The molecule has 20 heavy (non-hydrogen) atoms. The molecule has 0 saturated heterocycles. The standard InChI is InChI=1S/C15H14BrNO3/c16-10-3-5-11(6-4-10)17-14(18)12-8-1-2-9(7-8)13(12)15(19)20/h1-6,8-9,12-13H,7H2,(H,17,18)(H,19,20)/t8?,9?,12-,13+/m1/s1. The van der Waals surface area contributed by atoms with Gasteiger partial charge >= 0.3 is 5.97 Å². The first-order chi connectivity index (χ1) is 9.56. The lowest BCUT2D eigenvalue weighted by Gasteiger charge is -2.23. The largest absolute Gasteiger partial charge is 0.481 e. The molecule has 1 saturated carbocycles. The molecule has 104 valence electrons. The van der Waals surface area contributed by atoms with Gasteiger partial charge in [0.15, 0.2) is 0 Å². The Balaban J connectivity index is 1.78. The summed E-state index contributed by atoms with van der Waals surface area (Å²) in [6, 6.07) is 7.26. The molecule has 2 bridgehead atoms. The van der Waals surface area contributed by atoms with Gasteiger partial charge in [0.25, 0.3) is 0 Å². The number of carboxylic acids is 1. The zero-order valence-corrected chi connectivity index (χ0v) is 12.2. The Kier molecular flexibility index (Phi) is 3.38. The minimum atomic E-state index is -0.877. The number of carbonyl (C=O) groups is 2. The molecule has 0 heterocycles. The van der Waals surface area contributed by atoms with E-state index in [1.807, 2.05) is 24.3 Å². The minimum absolute atomic E-state index is 0.00170. The van der Waals surface area contributed by atoms with Gasteiger partial charge in [0, 0.05) is 10.2 Å². The number of aliphatic carboxylic acids is 1. The number of benzene rings is 1. The number of amides is 1. The fraction of sp³-hybridized carbons (Fsp3) is 0.333. The van der Waals surface area contributed by atoms with Gasteiger partial charge in [-0.15, -0.1) is 0 Å². The molecular formula is C15H14BrNO3. The van der Waals surface area contributed by atoms with Crippen LogP contribution in [0.4, 0.5) is 5.69 Å². The summed E-state index contributed by atoms with van der Waals surface area (Å²) in [4.78, 5) is 23.8. The summed E-state index contributed by atoms with van der Waals surface area (Å²) in [6.45, 7) is 0. The smallest absolute Gasteiger partial charge is 0.307 e. The van der Waals surface area contributed by atoms with Gasteiger partial charge in [-0.25, -0.2) is 0 Å². The number of allylic oxidation sites excluding steroid dienone is 2. The van der Waals surface area contributed by atoms with Crippen molar-refractivity contribution in [3.8, 4) is 0 Å². The van der Waals surface area contributed by atoms with Gasteiger partial charge in [0.1, 0.15) is 0 Å². The molecule has 4 nitrogen and oxygen atoms in total. The van der Waals surface area contributed by atoms with Crippen LogP contribution in [0.3, 0.4) is 0 Å². The molecule has 2 aliphatic carbocycles. The third kappa shape index (κ3) is 2.26. The van der Waals surface area contributed by atoms with Crippen LogP contribution in [0.1, 0.15) is 6.42 Å². The van der Waals surface area contributed by atoms with Crippen LogP contribution in [0.25, 0.3) is 0 Å². The molecule has 0 aromatic heterocycles. The lowest BCUT2D eigenvalue weighted by Crippen LogP contribution is -2.36. The second kappa shape index (κ2) is 5.05. The van der Waals surface area contributed by atoms with Gasteiger partial charge in [-0.1, -0.05) is 28.1 Å². The van der Waals surface area contributed by atoms with Crippen LogP contribution in [0.2, 0.25) is 0 Å². The Bertz CT molecular complexity index is 581. The number of hydrogen-bond acceptors (Lipinski definition) is 2. The molecule has 0 radical (unpaired) electrons. The predicted octanol–water partition coefficient (Wildman–Crippen LogP) is 2.91. The fourth-order valence-corrected chi connectivity index (χ4v) is 3.54.